The van der Waals surface area contributed by atoms with E-state index in [0.717, 1.165) is 5.56 Å². The van der Waals surface area contributed by atoms with Crippen molar-refractivity contribution in [2.75, 3.05) is 11.1 Å². The Bertz CT molecular complexity index is 1070. The number of nitrogens with zero attached hydrogens (tertiary/aromatic N) is 3. The van der Waals surface area contributed by atoms with Crippen LogP contribution in [0.5, 0.6) is 0 Å². The molecule has 2 N–H and O–H groups in total. The summed E-state index contributed by atoms with van der Waals surface area (Å²) in [7, 11) is 1.76. The molecule has 1 heterocycles. The van der Waals surface area contributed by atoms with Gasteiger partial charge in [0.05, 0.1) is 28.3 Å². The average molecular weight is 478 g/mol. The van der Waals surface area contributed by atoms with Crippen LogP contribution in [0.2, 0.25) is 10.0 Å². The summed E-state index contributed by atoms with van der Waals surface area (Å²) in [6.07, 6.45) is 0.0293. The zero-order valence-corrected chi connectivity index (χ0v) is 19.3. The largest absolute Gasteiger partial charge is 0.349 e. The topological polar surface area (TPSA) is 88.9 Å². The second-order valence-corrected chi connectivity index (χ2v) is 8.56. The molecule has 0 bridgehead atoms. The summed E-state index contributed by atoms with van der Waals surface area (Å²) in [5.74, 6) is 0.305. The van der Waals surface area contributed by atoms with E-state index in [-0.39, 0.29) is 30.0 Å². The zero-order valence-electron chi connectivity index (χ0n) is 16.9. The van der Waals surface area contributed by atoms with Gasteiger partial charge in [0.25, 0.3) is 0 Å². The summed E-state index contributed by atoms with van der Waals surface area (Å²) >= 11 is 13.1. The lowest BCUT2D eigenvalue weighted by Crippen LogP contribution is -2.28. The standard InChI is InChI=1S/C21H21Cl2N5O2S/c1-13(14-6-4-3-5-7-14)24-20(30)12-31-21-27-26-18(28(21)2)11-19(29)25-15-8-9-16(22)17(23)10-15/h3-10,13H,11-12H2,1-2H3,(H,24,30)(H,25,29)/t13-/m1/s1. The molecule has 2 aromatic carbocycles. The summed E-state index contributed by atoms with van der Waals surface area (Å²) in [4.78, 5) is 24.6. The number of rotatable bonds is 8. The van der Waals surface area contributed by atoms with Crippen LogP contribution in [0.3, 0.4) is 0 Å². The van der Waals surface area contributed by atoms with Gasteiger partial charge < -0.3 is 15.2 Å². The number of halogens is 2. The number of benzene rings is 2. The average Bonchev–Trinajstić information content (AvgIpc) is 3.09. The molecule has 0 saturated heterocycles. The smallest absolute Gasteiger partial charge is 0.232 e. The first-order valence-corrected chi connectivity index (χ1v) is 11.2. The number of carbonyl (C=O) groups is 2. The quantitative estimate of drug-likeness (QED) is 0.472. The van der Waals surface area contributed by atoms with Crippen LogP contribution in [0, 0.1) is 0 Å². The summed E-state index contributed by atoms with van der Waals surface area (Å²) in [5, 5.41) is 15.2. The number of nitrogens with one attached hydrogen (secondary N) is 2. The van der Waals surface area contributed by atoms with Crippen molar-refractivity contribution < 1.29 is 9.59 Å². The van der Waals surface area contributed by atoms with Crippen LogP contribution in [0.4, 0.5) is 5.69 Å². The van der Waals surface area contributed by atoms with Crippen molar-refractivity contribution in [3.63, 3.8) is 0 Å². The highest BCUT2D eigenvalue weighted by Gasteiger charge is 2.16. The first kappa shape index (κ1) is 23.1. The lowest BCUT2D eigenvalue weighted by molar-refractivity contribution is -0.119. The first-order chi connectivity index (χ1) is 14.8. The van der Waals surface area contributed by atoms with Gasteiger partial charge in [-0.05, 0) is 30.7 Å². The lowest BCUT2D eigenvalue weighted by atomic mass is 10.1. The van der Waals surface area contributed by atoms with Gasteiger partial charge in [-0.25, -0.2) is 0 Å². The molecule has 31 heavy (non-hydrogen) atoms. The lowest BCUT2D eigenvalue weighted by Gasteiger charge is -2.14. The molecule has 0 spiro atoms. The van der Waals surface area contributed by atoms with Crippen LogP contribution in [0.25, 0.3) is 0 Å². The molecule has 0 aliphatic rings. The Morgan fingerprint density at radius 1 is 1.06 bits per heavy atom. The van der Waals surface area contributed by atoms with Crippen molar-refractivity contribution in [1.29, 1.82) is 0 Å². The number of anilines is 1. The predicted octanol–water partition coefficient (Wildman–Crippen LogP) is 4.27. The van der Waals surface area contributed by atoms with Crippen molar-refractivity contribution >= 4 is 52.5 Å². The summed E-state index contributed by atoms with van der Waals surface area (Å²) in [6, 6.07) is 14.5. The van der Waals surface area contributed by atoms with E-state index in [2.05, 4.69) is 20.8 Å². The van der Waals surface area contributed by atoms with E-state index in [9.17, 15) is 9.59 Å². The van der Waals surface area contributed by atoms with Gasteiger partial charge in [-0.15, -0.1) is 10.2 Å². The van der Waals surface area contributed by atoms with Gasteiger partial charge >= 0.3 is 0 Å². The fraction of sp³-hybridized carbons (Fsp3) is 0.238. The van der Waals surface area contributed by atoms with Crippen LogP contribution in [0.15, 0.2) is 53.7 Å². The zero-order chi connectivity index (χ0) is 22.4. The normalized spacial score (nSPS) is 11.7. The third kappa shape index (κ3) is 6.46. The van der Waals surface area contributed by atoms with Crippen LogP contribution in [0.1, 0.15) is 24.4 Å². The van der Waals surface area contributed by atoms with E-state index in [4.69, 9.17) is 23.2 Å². The van der Waals surface area contributed by atoms with E-state index < -0.39 is 0 Å². The molecule has 7 nitrogen and oxygen atoms in total. The molecule has 10 heteroatoms. The fourth-order valence-corrected chi connectivity index (χ4v) is 3.82. The van der Waals surface area contributed by atoms with E-state index >= 15 is 0 Å². The number of carbonyl (C=O) groups excluding carboxylic acids is 2. The first-order valence-electron chi connectivity index (χ1n) is 9.43. The van der Waals surface area contributed by atoms with Gasteiger partial charge in [-0.2, -0.15) is 0 Å². The van der Waals surface area contributed by atoms with E-state index in [1.54, 1.807) is 29.8 Å². The van der Waals surface area contributed by atoms with Crippen molar-refractivity contribution in [2.45, 2.75) is 24.5 Å². The number of hydrogen-bond donors (Lipinski definition) is 2. The van der Waals surface area contributed by atoms with Gasteiger partial charge in [0, 0.05) is 12.7 Å². The Kier molecular flexibility index (Phi) is 7.95. The van der Waals surface area contributed by atoms with Gasteiger partial charge in [-0.1, -0.05) is 65.3 Å². The highest BCUT2D eigenvalue weighted by Crippen LogP contribution is 2.25. The molecule has 0 saturated carbocycles. The van der Waals surface area contributed by atoms with Crippen LogP contribution >= 0.6 is 35.0 Å². The molecule has 0 unspecified atom stereocenters. The molecule has 0 fully saturated rings. The minimum absolute atomic E-state index is 0.0293. The van der Waals surface area contributed by atoms with E-state index in [0.29, 0.717) is 26.7 Å². The Hall–Kier alpha value is -2.55. The monoisotopic (exact) mass is 477 g/mol. The number of aromatic nitrogens is 3. The molecule has 1 atom stereocenters. The Labute approximate surface area is 194 Å². The molecule has 162 valence electrons. The third-order valence-electron chi connectivity index (χ3n) is 4.46. The molecular formula is C21H21Cl2N5O2S. The Balaban J connectivity index is 1.51. The highest BCUT2D eigenvalue weighted by molar-refractivity contribution is 7.99. The minimum atomic E-state index is -0.264. The number of amides is 2. The summed E-state index contributed by atoms with van der Waals surface area (Å²) in [5.41, 5.74) is 1.58. The molecule has 3 aromatic rings. The molecule has 1 aromatic heterocycles. The molecule has 0 aliphatic carbocycles. The van der Waals surface area contributed by atoms with Gasteiger partial charge in [0.15, 0.2) is 5.16 Å². The maximum Gasteiger partial charge on any atom is 0.232 e. The summed E-state index contributed by atoms with van der Waals surface area (Å²) < 4.78 is 1.70. The van der Waals surface area contributed by atoms with Crippen molar-refractivity contribution in [3.05, 3.63) is 70.0 Å². The maximum absolute atomic E-state index is 12.3. The molecular weight excluding hydrogens is 457 g/mol. The van der Waals surface area contributed by atoms with Gasteiger partial charge in [0.1, 0.15) is 5.82 Å². The Morgan fingerprint density at radius 3 is 2.52 bits per heavy atom. The minimum Gasteiger partial charge on any atom is -0.349 e. The summed E-state index contributed by atoms with van der Waals surface area (Å²) in [6.45, 7) is 1.94. The second kappa shape index (κ2) is 10.7. The van der Waals surface area contributed by atoms with Crippen LogP contribution in [-0.2, 0) is 23.1 Å². The second-order valence-electron chi connectivity index (χ2n) is 6.80. The third-order valence-corrected chi connectivity index (χ3v) is 6.22. The van der Waals surface area contributed by atoms with Crippen molar-refractivity contribution in [2.24, 2.45) is 7.05 Å². The van der Waals surface area contributed by atoms with Gasteiger partial charge in [-0.3, -0.25) is 9.59 Å². The van der Waals surface area contributed by atoms with Crippen LogP contribution in [-0.4, -0.2) is 32.3 Å². The molecule has 3 rings (SSSR count). The molecule has 2 amide bonds. The van der Waals surface area contributed by atoms with Crippen molar-refractivity contribution in [1.82, 2.24) is 20.1 Å². The number of thioether (sulfide) groups is 1. The van der Waals surface area contributed by atoms with Crippen molar-refractivity contribution in [3.8, 4) is 0 Å². The fourth-order valence-electron chi connectivity index (χ4n) is 2.79. The van der Waals surface area contributed by atoms with Crippen LogP contribution < -0.4 is 10.6 Å². The predicted molar refractivity (Wildman–Crippen MR) is 124 cm³/mol. The Morgan fingerprint density at radius 2 is 1.81 bits per heavy atom. The molecule has 0 radical (unpaired) electrons. The van der Waals surface area contributed by atoms with E-state index in [1.807, 2.05) is 37.3 Å². The van der Waals surface area contributed by atoms with Gasteiger partial charge in [0.2, 0.25) is 11.8 Å². The number of hydrogen-bond acceptors (Lipinski definition) is 5. The van der Waals surface area contributed by atoms with E-state index in [1.165, 1.54) is 11.8 Å². The molecule has 0 aliphatic heterocycles. The highest BCUT2D eigenvalue weighted by atomic mass is 35.5. The maximum atomic E-state index is 12.3. The SMILES string of the molecule is C[C@@H](NC(=O)CSc1nnc(CC(=O)Nc2ccc(Cl)c(Cl)c2)n1C)c1ccccc1.